The van der Waals surface area contributed by atoms with Crippen molar-refractivity contribution in [1.29, 1.82) is 0 Å². The highest BCUT2D eigenvalue weighted by Crippen LogP contribution is 2.05. The van der Waals surface area contributed by atoms with Gasteiger partial charge < -0.3 is 10.5 Å². The Labute approximate surface area is 76.1 Å². The average Bonchev–Trinajstić information content (AvgIpc) is 2.05. The standard InChI is InChI=1S/C7H8N2O2.ClH/c1-11-6-3-2-5(4-9-6)7(8)10;/h2-4H,1H3,(H2,8,10);1H. The fourth-order valence-corrected chi connectivity index (χ4v) is 0.647. The van der Waals surface area contributed by atoms with Crippen LogP contribution in [0.5, 0.6) is 5.88 Å². The van der Waals surface area contributed by atoms with E-state index in [0.717, 1.165) is 0 Å². The maximum atomic E-state index is 10.5. The summed E-state index contributed by atoms with van der Waals surface area (Å²) in [5.41, 5.74) is 5.37. The van der Waals surface area contributed by atoms with E-state index < -0.39 is 5.91 Å². The molecule has 1 heterocycles. The fraction of sp³-hybridized carbons (Fsp3) is 0.143. The van der Waals surface area contributed by atoms with Crippen LogP contribution < -0.4 is 10.5 Å². The number of nitrogens with zero attached hydrogens (tertiary/aromatic N) is 1. The number of aromatic nitrogens is 1. The number of methoxy groups -OCH3 is 1. The third kappa shape index (κ3) is 2.39. The third-order valence-corrected chi connectivity index (χ3v) is 1.23. The Balaban J connectivity index is 0.00000121. The van der Waals surface area contributed by atoms with Gasteiger partial charge in [0.15, 0.2) is 0 Å². The summed E-state index contributed by atoms with van der Waals surface area (Å²) in [4.78, 5) is 14.3. The zero-order valence-electron chi connectivity index (χ0n) is 6.48. The summed E-state index contributed by atoms with van der Waals surface area (Å²) in [6, 6.07) is 3.15. The van der Waals surface area contributed by atoms with E-state index in [1.807, 2.05) is 0 Å². The molecule has 0 aliphatic rings. The van der Waals surface area contributed by atoms with Gasteiger partial charge in [-0.2, -0.15) is 0 Å². The van der Waals surface area contributed by atoms with Crippen molar-refractivity contribution in [3.63, 3.8) is 0 Å². The van der Waals surface area contributed by atoms with E-state index in [2.05, 4.69) is 4.98 Å². The quantitative estimate of drug-likeness (QED) is 0.740. The van der Waals surface area contributed by atoms with Crippen molar-refractivity contribution < 1.29 is 9.53 Å². The number of hydrogen-bond donors (Lipinski definition) is 1. The first-order valence-corrected chi connectivity index (χ1v) is 3.04. The molecule has 2 N–H and O–H groups in total. The third-order valence-electron chi connectivity index (χ3n) is 1.23. The predicted molar refractivity (Wildman–Crippen MR) is 46.6 cm³/mol. The smallest absolute Gasteiger partial charge is 0.250 e. The molecule has 0 aromatic carbocycles. The first kappa shape index (κ1) is 10.7. The molecule has 0 aliphatic heterocycles. The number of hydrogen-bond acceptors (Lipinski definition) is 3. The minimum atomic E-state index is -0.486. The van der Waals surface area contributed by atoms with Crippen LogP contribution in [0.2, 0.25) is 0 Å². The van der Waals surface area contributed by atoms with Gasteiger partial charge in [-0.15, -0.1) is 12.4 Å². The Morgan fingerprint density at radius 2 is 2.25 bits per heavy atom. The van der Waals surface area contributed by atoms with Crippen molar-refractivity contribution in [3.8, 4) is 5.88 Å². The van der Waals surface area contributed by atoms with Crippen LogP contribution in [-0.2, 0) is 0 Å². The molecule has 0 spiro atoms. The normalized spacial score (nSPS) is 8.42. The Morgan fingerprint density at radius 3 is 2.58 bits per heavy atom. The zero-order chi connectivity index (χ0) is 8.27. The predicted octanol–water partition coefficient (Wildman–Crippen LogP) is 0.611. The zero-order valence-corrected chi connectivity index (χ0v) is 7.30. The van der Waals surface area contributed by atoms with Crippen molar-refractivity contribution in [2.24, 2.45) is 5.73 Å². The minimum absolute atomic E-state index is 0. The van der Waals surface area contributed by atoms with E-state index >= 15 is 0 Å². The lowest BCUT2D eigenvalue weighted by molar-refractivity contribution is 0.1000. The summed E-state index contributed by atoms with van der Waals surface area (Å²) >= 11 is 0. The van der Waals surface area contributed by atoms with Crippen molar-refractivity contribution in [2.45, 2.75) is 0 Å². The second-order valence-corrected chi connectivity index (χ2v) is 1.95. The van der Waals surface area contributed by atoms with Gasteiger partial charge in [-0.3, -0.25) is 4.79 Å². The summed E-state index contributed by atoms with van der Waals surface area (Å²) < 4.78 is 4.79. The lowest BCUT2D eigenvalue weighted by Crippen LogP contribution is -2.10. The van der Waals surface area contributed by atoms with Gasteiger partial charge >= 0.3 is 0 Å². The van der Waals surface area contributed by atoms with Gasteiger partial charge in [0.2, 0.25) is 11.8 Å². The second kappa shape index (κ2) is 4.56. The van der Waals surface area contributed by atoms with Gasteiger partial charge in [-0.1, -0.05) is 0 Å². The summed E-state index contributed by atoms with van der Waals surface area (Å²) in [6.45, 7) is 0. The van der Waals surface area contributed by atoms with Crippen LogP contribution in [0, 0.1) is 0 Å². The summed E-state index contributed by atoms with van der Waals surface area (Å²) in [6.07, 6.45) is 1.38. The van der Waals surface area contributed by atoms with Crippen molar-refractivity contribution in [1.82, 2.24) is 4.98 Å². The SMILES string of the molecule is COc1ccc(C(N)=O)cn1.Cl. The van der Waals surface area contributed by atoms with Gasteiger partial charge in [0.25, 0.3) is 0 Å². The number of pyridine rings is 1. The topological polar surface area (TPSA) is 65.2 Å². The van der Waals surface area contributed by atoms with Gasteiger partial charge in [0.1, 0.15) is 0 Å². The maximum Gasteiger partial charge on any atom is 0.250 e. The molecular formula is C7H9ClN2O2. The molecule has 1 amide bonds. The number of halogens is 1. The second-order valence-electron chi connectivity index (χ2n) is 1.95. The molecule has 0 aliphatic carbocycles. The summed E-state index contributed by atoms with van der Waals surface area (Å²) in [5, 5.41) is 0. The highest BCUT2D eigenvalue weighted by molar-refractivity contribution is 5.92. The highest BCUT2D eigenvalue weighted by Gasteiger charge is 1.99. The molecule has 1 aromatic heterocycles. The number of nitrogens with two attached hydrogens (primary N) is 1. The van der Waals surface area contributed by atoms with Crippen LogP contribution in [0.3, 0.4) is 0 Å². The van der Waals surface area contributed by atoms with Gasteiger partial charge in [0.05, 0.1) is 12.7 Å². The molecule has 0 bridgehead atoms. The lowest BCUT2D eigenvalue weighted by Gasteiger charge is -1.97. The molecule has 66 valence electrons. The van der Waals surface area contributed by atoms with E-state index in [1.54, 1.807) is 12.1 Å². The van der Waals surface area contributed by atoms with Crippen LogP contribution in [0.4, 0.5) is 0 Å². The Morgan fingerprint density at radius 1 is 1.58 bits per heavy atom. The summed E-state index contributed by atoms with van der Waals surface area (Å²) in [5.74, 6) is -0.0184. The van der Waals surface area contributed by atoms with E-state index in [1.165, 1.54) is 13.3 Å². The Bertz CT molecular complexity index is 261. The number of rotatable bonds is 2. The summed E-state index contributed by atoms with van der Waals surface area (Å²) in [7, 11) is 1.51. The molecule has 4 nitrogen and oxygen atoms in total. The van der Waals surface area contributed by atoms with Crippen molar-refractivity contribution in [2.75, 3.05) is 7.11 Å². The number of amides is 1. The molecule has 0 saturated carbocycles. The lowest BCUT2D eigenvalue weighted by atomic mass is 10.3. The van der Waals surface area contributed by atoms with Crippen LogP contribution in [0.15, 0.2) is 18.3 Å². The minimum Gasteiger partial charge on any atom is -0.481 e. The monoisotopic (exact) mass is 188 g/mol. The number of ether oxygens (including phenoxy) is 1. The maximum absolute atomic E-state index is 10.5. The molecule has 12 heavy (non-hydrogen) atoms. The average molecular weight is 189 g/mol. The molecule has 0 fully saturated rings. The Hall–Kier alpha value is -1.29. The van der Waals surface area contributed by atoms with Crippen molar-refractivity contribution >= 4 is 18.3 Å². The number of carbonyl (C=O) groups is 1. The molecule has 5 heteroatoms. The van der Waals surface area contributed by atoms with E-state index in [4.69, 9.17) is 10.5 Å². The van der Waals surface area contributed by atoms with Gasteiger partial charge in [0, 0.05) is 12.3 Å². The number of primary amides is 1. The van der Waals surface area contributed by atoms with Gasteiger partial charge in [-0.05, 0) is 6.07 Å². The molecule has 0 atom stereocenters. The van der Waals surface area contributed by atoms with Crippen LogP contribution in [0.25, 0.3) is 0 Å². The number of carbonyl (C=O) groups excluding carboxylic acids is 1. The van der Waals surface area contributed by atoms with Crippen LogP contribution >= 0.6 is 12.4 Å². The Kier molecular flexibility index (Phi) is 4.07. The largest absolute Gasteiger partial charge is 0.481 e. The molecule has 0 saturated heterocycles. The van der Waals surface area contributed by atoms with E-state index in [9.17, 15) is 4.79 Å². The first-order valence-electron chi connectivity index (χ1n) is 3.04. The van der Waals surface area contributed by atoms with Crippen molar-refractivity contribution in [3.05, 3.63) is 23.9 Å². The van der Waals surface area contributed by atoms with Crippen LogP contribution in [0.1, 0.15) is 10.4 Å². The molecule has 0 radical (unpaired) electrons. The molecule has 0 unspecified atom stereocenters. The van der Waals surface area contributed by atoms with E-state index in [-0.39, 0.29) is 12.4 Å². The van der Waals surface area contributed by atoms with E-state index in [0.29, 0.717) is 11.4 Å². The first-order chi connectivity index (χ1) is 5.24. The molecule has 1 aromatic rings. The highest BCUT2D eigenvalue weighted by atomic mass is 35.5. The molecular weight excluding hydrogens is 180 g/mol. The fourth-order valence-electron chi connectivity index (χ4n) is 0.647. The van der Waals surface area contributed by atoms with Crippen LogP contribution in [-0.4, -0.2) is 18.0 Å². The van der Waals surface area contributed by atoms with Gasteiger partial charge in [-0.25, -0.2) is 4.98 Å². The molecule has 1 rings (SSSR count).